The van der Waals surface area contributed by atoms with Crippen molar-refractivity contribution in [2.75, 3.05) is 13.9 Å². The Labute approximate surface area is 158 Å². The van der Waals surface area contributed by atoms with Crippen LogP contribution >= 0.6 is 19.4 Å². The van der Waals surface area contributed by atoms with Gasteiger partial charge >= 0.3 is 0 Å². The third-order valence-electron chi connectivity index (χ3n) is 3.88. The van der Waals surface area contributed by atoms with Crippen molar-refractivity contribution in [1.29, 1.82) is 0 Å². The van der Waals surface area contributed by atoms with E-state index in [1.54, 1.807) is 19.2 Å². The molecule has 0 aliphatic carbocycles. The zero-order valence-electron chi connectivity index (χ0n) is 13.9. The molecule has 27 heavy (non-hydrogen) atoms. The molecule has 0 radical (unpaired) electrons. The van der Waals surface area contributed by atoms with Gasteiger partial charge in [0.25, 0.3) is 0 Å². The van der Waals surface area contributed by atoms with Crippen molar-refractivity contribution in [2.24, 2.45) is 0 Å². The van der Waals surface area contributed by atoms with E-state index in [9.17, 15) is 14.4 Å². The van der Waals surface area contributed by atoms with E-state index in [2.05, 4.69) is 8.90 Å². The smallest absolute Gasteiger partial charge is 0.231 e. The Morgan fingerprint density at radius 3 is 2.63 bits per heavy atom. The van der Waals surface area contributed by atoms with Crippen LogP contribution in [0.3, 0.4) is 0 Å². The molecule has 0 saturated heterocycles. The molecule has 1 aromatic heterocycles. The molecule has 10 heteroatoms. The summed E-state index contributed by atoms with van der Waals surface area (Å²) in [6, 6.07) is 9.78. The summed E-state index contributed by atoms with van der Waals surface area (Å²) in [7, 11) is -3.54. The topological polar surface area (TPSA) is 113 Å². The van der Waals surface area contributed by atoms with Crippen molar-refractivity contribution in [3.05, 3.63) is 41.8 Å². The van der Waals surface area contributed by atoms with Crippen molar-refractivity contribution in [3.8, 4) is 45.4 Å². The highest BCUT2D eigenvalue weighted by atomic mass is 32.1. The molecule has 2 heterocycles. The first-order valence-electron chi connectivity index (χ1n) is 7.69. The van der Waals surface area contributed by atoms with Gasteiger partial charge in [-0.05, 0) is 41.4 Å². The molecule has 0 atom stereocenters. The second-order valence-electron chi connectivity index (χ2n) is 5.55. The fraction of sp³-hybridized carbons (Fsp3) is 0.118. The van der Waals surface area contributed by atoms with Gasteiger partial charge in [0.05, 0.1) is 12.8 Å². The van der Waals surface area contributed by atoms with Gasteiger partial charge < -0.3 is 33.1 Å². The number of phosphoric acid groups is 1. The second-order valence-corrected chi connectivity index (χ2v) is 7.26. The number of rotatable bonds is 5. The monoisotopic (exact) mass is 405 g/mol. The fourth-order valence-electron chi connectivity index (χ4n) is 2.74. The molecule has 0 N–H and O–H groups in total. The van der Waals surface area contributed by atoms with Crippen molar-refractivity contribution >= 4 is 19.4 Å². The SMILES string of the molecule is COc1cc(-c2nscc2-c2ccc(OP(=O)([O-])[O-])cc2)cc2c1OCO2. The minimum absolute atomic E-state index is 0.0402. The molecular weight excluding hydrogens is 393 g/mol. The van der Waals surface area contributed by atoms with Gasteiger partial charge in [-0.15, -0.1) is 0 Å². The van der Waals surface area contributed by atoms with E-state index < -0.39 is 7.82 Å². The van der Waals surface area contributed by atoms with Crippen LogP contribution in [0.25, 0.3) is 22.4 Å². The first kappa shape index (κ1) is 17.8. The summed E-state index contributed by atoms with van der Waals surface area (Å²) in [5, 5.41) is 1.87. The largest absolute Gasteiger partial charge is 0.780 e. The van der Waals surface area contributed by atoms with Crippen molar-refractivity contribution in [2.45, 2.75) is 0 Å². The normalized spacial score (nSPS) is 12.9. The predicted octanol–water partition coefficient (Wildman–Crippen LogP) is 2.42. The molecule has 0 saturated carbocycles. The van der Waals surface area contributed by atoms with Crippen LogP contribution in [0.15, 0.2) is 41.8 Å². The first-order valence-corrected chi connectivity index (χ1v) is 9.99. The maximum atomic E-state index is 10.7. The summed E-state index contributed by atoms with van der Waals surface area (Å²) in [4.78, 5) is 21.4. The summed E-state index contributed by atoms with van der Waals surface area (Å²) in [6.45, 7) is 0.129. The average Bonchev–Trinajstić information content (AvgIpc) is 3.29. The first-order chi connectivity index (χ1) is 12.9. The molecule has 0 spiro atoms. The van der Waals surface area contributed by atoms with Gasteiger partial charge in [0.15, 0.2) is 11.5 Å². The van der Waals surface area contributed by atoms with Crippen LogP contribution < -0.4 is 28.5 Å². The third-order valence-corrected chi connectivity index (χ3v) is 4.95. The second kappa shape index (κ2) is 6.86. The molecule has 2 aromatic carbocycles. The number of fused-ring (bicyclic) bond motifs is 1. The van der Waals surface area contributed by atoms with Gasteiger partial charge in [0.2, 0.25) is 12.5 Å². The highest BCUT2D eigenvalue weighted by Gasteiger charge is 2.22. The minimum atomic E-state index is -5.09. The number of benzene rings is 2. The van der Waals surface area contributed by atoms with E-state index in [0.717, 1.165) is 16.7 Å². The van der Waals surface area contributed by atoms with Crippen LogP contribution in [0, 0.1) is 0 Å². The number of aromatic nitrogens is 1. The number of ether oxygens (including phenoxy) is 3. The lowest BCUT2D eigenvalue weighted by molar-refractivity contribution is -0.333. The van der Waals surface area contributed by atoms with Crippen LogP contribution in [0.4, 0.5) is 0 Å². The van der Waals surface area contributed by atoms with E-state index in [0.29, 0.717) is 22.9 Å². The van der Waals surface area contributed by atoms with Crippen LogP contribution in [0.2, 0.25) is 0 Å². The molecular formula is C17H12NO7PS-2. The zero-order valence-corrected chi connectivity index (χ0v) is 15.6. The quantitative estimate of drug-likeness (QED) is 0.595. The Balaban J connectivity index is 1.71. The van der Waals surface area contributed by atoms with E-state index in [4.69, 9.17) is 14.2 Å². The summed E-state index contributed by atoms with van der Waals surface area (Å²) in [5.41, 5.74) is 3.12. The molecule has 0 unspecified atom stereocenters. The Morgan fingerprint density at radius 2 is 1.93 bits per heavy atom. The maximum absolute atomic E-state index is 10.7. The number of nitrogens with zero attached hydrogens (tertiary/aromatic N) is 1. The highest BCUT2D eigenvalue weighted by molar-refractivity contribution is 7.43. The molecule has 1 aliphatic rings. The number of phosphoric ester groups is 1. The van der Waals surface area contributed by atoms with Gasteiger partial charge in [0, 0.05) is 16.5 Å². The lowest BCUT2D eigenvalue weighted by atomic mass is 10.0. The molecule has 8 nitrogen and oxygen atoms in total. The molecule has 0 fully saturated rings. The number of hydrogen-bond acceptors (Lipinski definition) is 9. The molecule has 4 rings (SSSR count). The van der Waals surface area contributed by atoms with Gasteiger partial charge in [0.1, 0.15) is 13.6 Å². The Bertz CT molecular complexity index is 1030. The van der Waals surface area contributed by atoms with Gasteiger partial charge in [-0.2, -0.15) is 4.37 Å². The van der Waals surface area contributed by atoms with Crippen LogP contribution in [0.5, 0.6) is 23.0 Å². The van der Waals surface area contributed by atoms with Crippen molar-refractivity contribution in [1.82, 2.24) is 4.37 Å². The standard InChI is InChI=1S/C17H14NO7PS/c1-22-14-6-11(7-15-17(14)24-9-23-15)16-13(8-27-18-16)10-2-4-12(5-3-10)25-26(19,20)21/h2-8H,9H2,1H3,(H2,19,20,21)/p-2. The molecule has 1 aliphatic heterocycles. The summed E-state index contributed by atoms with van der Waals surface area (Å²) in [6.07, 6.45) is 0. The van der Waals surface area contributed by atoms with Gasteiger partial charge in [-0.3, -0.25) is 0 Å². The predicted molar refractivity (Wildman–Crippen MR) is 93.9 cm³/mol. The van der Waals surface area contributed by atoms with Crippen molar-refractivity contribution < 1.29 is 33.1 Å². The van der Waals surface area contributed by atoms with E-state index >= 15 is 0 Å². The fourth-order valence-corrected chi connectivity index (χ4v) is 3.84. The van der Waals surface area contributed by atoms with Crippen molar-refractivity contribution in [3.63, 3.8) is 0 Å². The van der Waals surface area contributed by atoms with Crippen LogP contribution in [-0.2, 0) is 4.57 Å². The Morgan fingerprint density at radius 1 is 1.15 bits per heavy atom. The average molecular weight is 405 g/mol. The third kappa shape index (κ3) is 3.63. The Kier molecular flexibility index (Phi) is 4.53. The van der Waals surface area contributed by atoms with E-state index in [1.165, 1.54) is 23.7 Å². The van der Waals surface area contributed by atoms with Gasteiger partial charge in [-0.25, -0.2) is 0 Å². The molecule has 140 valence electrons. The number of hydrogen-bond donors (Lipinski definition) is 0. The van der Waals surface area contributed by atoms with Gasteiger partial charge in [-0.1, -0.05) is 12.1 Å². The molecule has 3 aromatic rings. The zero-order chi connectivity index (χ0) is 19.0. The maximum Gasteiger partial charge on any atom is 0.231 e. The van der Waals surface area contributed by atoms with Crippen LogP contribution in [0.1, 0.15) is 0 Å². The summed E-state index contributed by atoms with van der Waals surface area (Å²) >= 11 is 1.28. The van der Waals surface area contributed by atoms with E-state index in [1.807, 2.05) is 17.5 Å². The molecule has 0 bridgehead atoms. The Hall–Kier alpha value is -2.58. The lowest BCUT2D eigenvalue weighted by Crippen LogP contribution is -2.18. The lowest BCUT2D eigenvalue weighted by Gasteiger charge is -2.28. The van der Waals surface area contributed by atoms with E-state index in [-0.39, 0.29) is 12.5 Å². The van der Waals surface area contributed by atoms with Crippen LogP contribution in [-0.4, -0.2) is 18.3 Å². The number of methoxy groups -OCH3 is 1. The minimum Gasteiger partial charge on any atom is -0.780 e. The molecule has 0 amide bonds. The summed E-state index contributed by atoms with van der Waals surface area (Å²) < 4.78 is 35.8. The summed E-state index contributed by atoms with van der Waals surface area (Å²) in [5.74, 6) is 1.64. The highest BCUT2D eigenvalue weighted by Crippen LogP contribution is 2.45.